The Labute approximate surface area is 170 Å². The molecule has 0 aliphatic carbocycles. The molecule has 158 valence electrons. The van der Waals surface area contributed by atoms with Gasteiger partial charge in [0, 0.05) is 0 Å². The molecule has 0 bridgehead atoms. The van der Waals surface area contributed by atoms with E-state index in [4.69, 9.17) is 9.47 Å². The largest absolute Gasteiger partial charge is 0.490 e. The third-order valence-electron chi connectivity index (χ3n) is 3.99. The Morgan fingerprint density at radius 2 is 1.66 bits per heavy atom. The van der Waals surface area contributed by atoms with Gasteiger partial charge >= 0.3 is 0 Å². The molecule has 0 aliphatic heterocycles. The smallest absolute Gasteiger partial charge is 0.241 e. The van der Waals surface area contributed by atoms with Crippen LogP contribution in [0, 0.1) is 5.82 Å². The number of sulfonamides is 1. The SMILES string of the molecule is CCOc1ccc([C@@H](C)NC(=O)CNS(=O)(=O)c2ccc(F)cc2)cc1OCC. The van der Waals surface area contributed by atoms with Gasteiger partial charge in [-0.15, -0.1) is 0 Å². The number of amides is 1. The summed E-state index contributed by atoms with van der Waals surface area (Å²) in [5, 5.41) is 2.73. The summed E-state index contributed by atoms with van der Waals surface area (Å²) >= 11 is 0. The average molecular weight is 424 g/mol. The monoisotopic (exact) mass is 424 g/mol. The van der Waals surface area contributed by atoms with Crippen molar-refractivity contribution in [3.05, 3.63) is 53.8 Å². The topological polar surface area (TPSA) is 93.7 Å². The maximum atomic E-state index is 12.9. The number of halogens is 1. The Hall–Kier alpha value is -2.65. The van der Waals surface area contributed by atoms with Crippen LogP contribution in [0.4, 0.5) is 4.39 Å². The second-order valence-electron chi connectivity index (χ2n) is 6.14. The summed E-state index contributed by atoms with van der Waals surface area (Å²) in [6, 6.07) is 9.32. The molecule has 0 fully saturated rings. The molecule has 1 amide bonds. The number of nitrogens with one attached hydrogen (secondary N) is 2. The summed E-state index contributed by atoms with van der Waals surface area (Å²) < 4.78 is 50.6. The standard InChI is InChI=1S/C20H25FN2O5S/c1-4-27-18-11-6-15(12-19(18)28-5-2)14(3)23-20(24)13-22-29(25,26)17-9-7-16(21)8-10-17/h6-12,14,22H,4-5,13H2,1-3H3,(H,23,24)/t14-/m1/s1. The van der Waals surface area contributed by atoms with E-state index in [0.29, 0.717) is 24.7 Å². The molecule has 29 heavy (non-hydrogen) atoms. The molecule has 0 saturated heterocycles. The Kier molecular flexibility index (Phi) is 7.98. The van der Waals surface area contributed by atoms with Gasteiger partial charge in [-0.2, -0.15) is 0 Å². The van der Waals surface area contributed by atoms with Crippen molar-refractivity contribution in [1.29, 1.82) is 0 Å². The van der Waals surface area contributed by atoms with Gasteiger partial charge in [0.15, 0.2) is 11.5 Å². The van der Waals surface area contributed by atoms with E-state index in [0.717, 1.165) is 29.8 Å². The Morgan fingerprint density at radius 3 is 2.28 bits per heavy atom. The first-order valence-corrected chi connectivity index (χ1v) is 10.7. The number of ether oxygens (including phenoxy) is 2. The van der Waals surface area contributed by atoms with E-state index < -0.39 is 28.3 Å². The summed E-state index contributed by atoms with van der Waals surface area (Å²) in [5.41, 5.74) is 0.784. The Morgan fingerprint density at radius 1 is 1.03 bits per heavy atom. The minimum Gasteiger partial charge on any atom is -0.490 e. The second-order valence-corrected chi connectivity index (χ2v) is 7.91. The van der Waals surface area contributed by atoms with E-state index >= 15 is 0 Å². The molecular weight excluding hydrogens is 399 g/mol. The molecule has 0 saturated carbocycles. The van der Waals surface area contributed by atoms with Crippen molar-refractivity contribution in [1.82, 2.24) is 10.0 Å². The third-order valence-corrected chi connectivity index (χ3v) is 5.41. The summed E-state index contributed by atoms with van der Waals surface area (Å²) in [6.07, 6.45) is 0. The number of hydrogen-bond donors (Lipinski definition) is 2. The van der Waals surface area contributed by atoms with Crippen LogP contribution in [0.1, 0.15) is 32.4 Å². The van der Waals surface area contributed by atoms with E-state index in [1.54, 1.807) is 25.1 Å². The summed E-state index contributed by atoms with van der Waals surface area (Å²) in [5.74, 6) is 0.140. The molecule has 0 heterocycles. The van der Waals surface area contributed by atoms with Crippen LogP contribution in [0.15, 0.2) is 47.4 Å². The van der Waals surface area contributed by atoms with Gasteiger partial charge < -0.3 is 14.8 Å². The lowest BCUT2D eigenvalue weighted by Crippen LogP contribution is -2.38. The highest BCUT2D eigenvalue weighted by Crippen LogP contribution is 2.30. The van der Waals surface area contributed by atoms with Crippen LogP contribution in [-0.4, -0.2) is 34.1 Å². The number of carbonyl (C=O) groups is 1. The van der Waals surface area contributed by atoms with Gasteiger partial charge in [0.25, 0.3) is 0 Å². The van der Waals surface area contributed by atoms with Gasteiger partial charge in [0.2, 0.25) is 15.9 Å². The van der Waals surface area contributed by atoms with Crippen molar-refractivity contribution in [2.45, 2.75) is 31.7 Å². The van der Waals surface area contributed by atoms with E-state index in [2.05, 4.69) is 10.0 Å². The van der Waals surface area contributed by atoms with Crippen LogP contribution >= 0.6 is 0 Å². The maximum Gasteiger partial charge on any atom is 0.241 e. The average Bonchev–Trinajstić information content (AvgIpc) is 2.68. The number of hydrogen-bond acceptors (Lipinski definition) is 5. The third kappa shape index (κ3) is 6.43. The first-order chi connectivity index (χ1) is 13.8. The minimum atomic E-state index is -3.91. The molecule has 2 rings (SSSR count). The summed E-state index contributed by atoms with van der Waals surface area (Å²) in [4.78, 5) is 12.1. The molecule has 9 heteroatoms. The molecule has 2 aromatic carbocycles. The predicted octanol–water partition coefficient (Wildman–Crippen LogP) is 2.78. The highest BCUT2D eigenvalue weighted by atomic mass is 32.2. The molecule has 1 atom stereocenters. The van der Waals surface area contributed by atoms with Crippen LogP contribution in [0.25, 0.3) is 0 Å². The van der Waals surface area contributed by atoms with Crippen molar-refractivity contribution in [3.63, 3.8) is 0 Å². The number of rotatable bonds is 10. The Bertz CT molecular complexity index is 932. The van der Waals surface area contributed by atoms with Crippen molar-refractivity contribution in [2.24, 2.45) is 0 Å². The first-order valence-electron chi connectivity index (χ1n) is 9.21. The van der Waals surface area contributed by atoms with Crippen LogP contribution < -0.4 is 19.5 Å². The number of carbonyl (C=O) groups excluding carboxylic acids is 1. The van der Waals surface area contributed by atoms with Gasteiger partial charge in [0.1, 0.15) is 5.82 Å². The normalized spacial score (nSPS) is 12.3. The summed E-state index contributed by atoms with van der Waals surface area (Å²) in [6.45, 7) is 6.03. The molecule has 0 aromatic heterocycles. The summed E-state index contributed by atoms with van der Waals surface area (Å²) in [7, 11) is -3.91. The zero-order valence-electron chi connectivity index (χ0n) is 16.6. The van der Waals surface area contributed by atoms with Gasteiger partial charge in [-0.25, -0.2) is 17.5 Å². The molecule has 7 nitrogen and oxygen atoms in total. The van der Waals surface area contributed by atoms with Gasteiger partial charge in [-0.1, -0.05) is 6.07 Å². The lowest BCUT2D eigenvalue weighted by Gasteiger charge is -2.17. The molecule has 0 radical (unpaired) electrons. The maximum absolute atomic E-state index is 12.9. The van der Waals surface area contributed by atoms with Crippen LogP contribution in [0.2, 0.25) is 0 Å². The van der Waals surface area contributed by atoms with Gasteiger partial charge in [-0.3, -0.25) is 4.79 Å². The fourth-order valence-electron chi connectivity index (χ4n) is 2.57. The highest BCUT2D eigenvalue weighted by molar-refractivity contribution is 7.89. The van der Waals surface area contributed by atoms with Gasteiger partial charge in [0.05, 0.1) is 30.7 Å². The predicted molar refractivity (Wildman–Crippen MR) is 107 cm³/mol. The molecular formula is C20H25FN2O5S. The lowest BCUT2D eigenvalue weighted by molar-refractivity contribution is -0.120. The number of benzene rings is 2. The van der Waals surface area contributed by atoms with E-state index in [-0.39, 0.29) is 10.9 Å². The van der Waals surface area contributed by atoms with Crippen molar-refractivity contribution >= 4 is 15.9 Å². The van der Waals surface area contributed by atoms with Gasteiger partial charge in [-0.05, 0) is 62.7 Å². The van der Waals surface area contributed by atoms with E-state index in [9.17, 15) is 17.6 Å². The van der Waals surface area contributed by atoms with Crippen LogP contribution in [-0.2, 0) is 14.8 Å². The van der Waals surface area contributed by atoms with Crippen molar-refractivity contribution < 1.29 is 27.1 Å². The van der Waals surface area contributed by atoms with Crippen LogP contribution in [0.3, 0.4) is 0 Å². The molecule has 2 aromatic rings. The zero-order chi connectivity index (χ0) is 21.4. The molecule has 0 aliphatic rings. The second kappa shape index (κ2) is 10.2. The van der Waals surface area contributed by atoms with E-state index in [1.807, 2.05) is 13.8 Å². The van der Waals surface area contributed by atoms with Crippen molar-refractivity contribution in [3.8, 4) is 11.5 Å². The molecule has 0 unspecified atom stereocenters. The van der Waals surface area contributed by atoms with Crippen LogP contribution in [0.5, 0.6) is 11.5 Å². The lowest BCUT2D eigenvalue weighted by atomic mass is 10.1. The highest BCUT2D eigenvalue weighted by Gasteiger charge is 2.17. The first kappa shape index (κ1) is 22.6. The fraction of sp³-hybridized carbons (Fsp3) is 0.350. The minimum absolute atomic E-state index is 0.118. The van der Waals surface area contributed by atoms with E-state index in [1.165, 1.54) is 0 Å². The quantitative estimate of drug-likeness (QED) is 0.612. The Balaban J connectivity index is 1.99. The molecule has 0 spiro atoms. The molecule has 2 N–H and O–H groups in total. The zero-order valence-corrected chi connectivity index (χ0v) is 17.4. The fourth-order valence-corrected chi connectivity index (χ4v) is 3.55. The van der Waals surface area contributed by atoms with Crippen molar-refractivity contribution in [2.75, 3.05) is 19.8 Å².